The van der Waals surface area contributed by atoms with Crippen molar-refractivity contribution >= 4 is 10.9 Å². The Labute approximate surface area is 146 Å². The van der Waals surface area contributed by atoms with Crippen LogP contribution in [0.2, 0.25) is 0 Å². The minimum Gasteiger partial charge on any atom is -0.493 e. The lowest BCUT2D eigenvalue weighted by Crippen LogP contribution is -2.30. The van der Waals surface area contributed by atoms with Crippen molar-refractivity contribution < 1.29 is 14.2 Å². The van der Waals surface area contributed by atoms with E-state index in [2.05, 4.69) is 34.6 Å². The van der Waals surface area contributed by atoms with E-state index in [1.807, 2.05) is 12.1 Å². The molecule has 0 bridgehead atoms. The van der Waals surface area contributed by atoms with E-state index in [1.54, 1.807) is 21.3 Å². The molecule has 4 rings (SSSR count). The summed E-state index contributed by atoms with van der Waals surface area (Å²) in [5.74, 6) is 1.95. The van der Waals surface area contributed by atoms with E-state index in [0.29, 0.717) is 17.2 Å². The van der Waals surface area contributed by atoms with Crippen molar-refractivity contribution in [2.45, 2.75) is 12.5 Å². The van der Waals surface area contributed by atoms with Gasteiger partial charge in [0.1, 0.15) is 0 Å². The molecule has 130 valence electrons. The normalized spacial score (nSPS) is 16.5. The Kier molecular flexibility index (Phi) is 4.01. The van der Waals surface area contributed by atoms with Crippen LogP contribution in [0.15, 0.2) is 36.4 Å². The summed E-state index contributed by atoms with van der Waals surface area (Å²) in [4.78, 5) is 3.59. The summed E-state index contributed by atoms with van der Waals surface area (Å²) in [7, 11) is 4.90. The standard InChI is InChI=1S/C20H22N2O3/c1-23-16-10-12(11-17(24-2)20(16)25-3)18-19-14(8-9-21-18)13-6-4-5-7-15(13)22-19/h4-7,10-11,18,21-22H,8-9H2,1-3H3/t18-/m1/s1. The molecule has 5 heteroatoms. The van der Waals surface area contributed by atoms with Crippen LogP contribution >= 0.6 is 0 Å². The summed E-state index contributed by atoms with van der Waals surface area (Å²) < 4.78 is 16.5. The lowest BCUT2D eigenvalue weighted by Gasteiger charge is -2.26. The fourth-order valence-electron chi connectivity index (χ4n) is 3.73. The van der Waals surface area contributed by atoms with Gasteiger partial charge in [-0.3, -0.25) is 0 Å². The maximum absolute atomic E-state index is 5.51. The lowest BCUT2D eigenvalue weighted by molar-refractivity contribution is 0.323. The van der Waals surface area contributed by atoms with E-state index in [4.69, 9.17) is 14.2 Å². The highest BCUT2D eigenvalue weighted by molar-refractivity contribution is 5.85. The van der Waals surface area contributed by atoms with E-state index >= 15 is 0 Å². The van der Waals surface area contributed by atoms with E-state index < -0.39 is 0 Å². The molecular formula is C20H22N2O3. The fourth-order valence-corrected chi connectivity index (χ4v) is 3.73. The predicted octanol–water partition coefficient (Wildman–Crippen LogP) is 3.43. The lowest BCUT2D eigenvalue weighted by atomic mass is 9.94. The zero-order valence-electron chi connectivity index (χ0n) is 14.7. The molecule has 1 aliphatic heterocycles. The van der Waals surface area contributed by atoms with Crippen LogP contribution in [-0.4, -0.2) is 32.9 Å². The van der Waals surface area contributed by atoms with Gasteiger partial charge in [0.05, 0.1) is 27.4 Å². The first-order valence-electron chi connectivity index (χ1n) is 8.39. The van der Waals surface area contributed by atoms with Gasteiger partial charge in [-0.2, -0.15) is 0 Å². The molecule has 2 aromatic carbocycles. The zero-order chi connectivity index (χ0) is 17.4. The Bertz CT molecular complexity index is 891. The van der Waals surface area contributed by atoms with Crippen molar-refractivity contribution in [3.05, 3.63) is 53.2 Å². The Morgan fingerprint density at radius 3 is 2.36 bits per heavy atom. The van der Waals surface area contributed by atoms with Crippen LogP contribution in [0.4, 0.5) is 0 Å². The third kappa shape index (κ3) is 2.51. The number of para-hydroxylation sites is 1. The van der Waals surface area contributed by atoms with E-state index in [0.717, 1.165) is 18.5 Å². The van der Waals surface area contributed by atoms with Gasteiger partial charge in [-0.15, -0.1) is 0 Å². The first-order chi connectivity index (χ1) is 12.3. The summed E-state index contributed by atoms with van der Waals surface area (Å²) in [6, 6.07) is 12.5. The van der Waals surface area contributed by atoms with Gasteiger partial charge in [-0.05, 0) is 35.7 Å². The highest BCUT2D eigenvalue weighted by Crippen LogP contribution is 2.42. The largest absolute Gasteiger partial charge is 0.493 e. The number of hydrogen-bond acceptors (Lipinski definition) is 4. The number of methoxy groups -OCH3 is 3. The minimum atomic E-state index is 0.0601. The van der Waals surface area contributed by atoms with Gasteiger partial charge in [-0.1, -0.05) is 18.2 Å². The number of H-pyrrole nitrogens is 1. The highest BCUT2D eigenvalue weighted by atomic mass is 16.5. The Balaban J connectivity index is 1.87. The van der Waals surface area contributed by atoms with Crippen LogP contribution in [0.5, 0.6) is 17.2 Å². The second-order valence-corrected chi connectivity index (χ2v) is 6.16. The molecular weight excluding hydrogens is 316 g/mol. The van der Waals surface area contributed by atoms with Gasteiger partial charge >= 0.3 is 0 Å². The number of benzene rings is 2. The van der Waals surface area contributed by atoms with Gasteiger partial charge in [0, 0.05) is 23.1 Å². The number of ether oxygens (including phenoxy) is 3. The molecule has 0 fully saturated rings. The molecule has 1 atom stereocenters. The maximum atomic E-state index is 5.51. The van der Waals surface area contributed by atoms with E-state index in [9.17, 15) is 0 Å². The molecule has 1 aromatic heterocycles. The second-order valence-electron chi connectivity index (χ2n) is 6.16. The van der Waals surface area contributed by atoms with Gasteiger partial charge in [0.25, 0.3) is 0 Å². The molecule has 5 nitrogen and oxygen atoms in total. The van der Waals surface area contributed by atoms with Gasteiger partial charge in [0.15, 0.2) is 11.5 Å². The van der Waals surface area contributed by atoms with Crippen molar-refractivity contribution in [2.24, 2.45) is 0 Å². The second kappa shape index (κ2) is 6.33. The van der Waals surface area contributed by atoms with Crippen LogP contribution in [-0.2, 0) is 6.42 Å². The SMILES string of the molecule is COc1cc([C@H]2NCCc3c2[nH]c2ccccc32)cc(OC)c1OC. The first-order valence-corrected chi connectivity index (χ1v) is 8.39. The molecule has 3 aromatic rings. The molecule has 2 heterocycles. The number of aromatic amines is 1. The van der Waals surface area contributed by atoms with E-state index in [1.165, 1.54) is 22.2 Å². The predicted molar refractivity (Wildman–Crippen MR) is 97.9 cm³/mol. The van der Waals surface area contributed by atoms with Crippen LogP contribution in [0.1, 0.15) is 22.9 Å². The molecule has 1 aliphatic rings. The van der Waals surface area contributed by atoms with Crippen LogP contribution in [0, 0.1) is 0 Å². The number of fused-ring (bicyclic) bond motifs is 3. The molecule has 0 aliphatic carbocycles. The molecule has 0 spiro atoms. The van der Waals surface area contributed by atoms with Gasteiger partial charge < -0.3 is 24.5 Å². The molecule has 0 saturated heterocycles. The highest BCUT2D eigenvalue weighted by Gasteiger charge is 2.27. The summed E-state index contributed by atoms with van der Waals surface area (Å²) in [5.41, 5.74) is 4.85. The summed E-state index contributed by atoms with van der Waals surface area (Å²) >= 11 is 0. The minimum absolute atomic E-state index is 0.0601. The van der Waals surface area contributed by atoms with Crippen molar-refractivity contribution in [3.8, 4) is 17.2 Å². The van der Waals surface area contributed by atoms with Crippen LogP contribution < -0.4 is 19.5 Å². The zero-order valence-corrected chi connectivity index (χ0v) is 14.7. The third-order valence-electron chi connectivity index (χ3n) is 4.88. The number of aromatic nitrogens is 1. The van der Waals surface area contributed by atoms with Crippen LogP contribution in [0.25, 0.3) is 10.9 Å². The number of hydrogen-bond donors (Lipinski definition) is 2. The molecule has 0 unspecified atom stereocenters. The summed E-state index contributed by atoms with van der Waals surface area (Å²) in [5, 5.41) is 4.91. The maximum Gasteiger partial charge on any atom is 0.203 e. The van der Waals surface area contributed by atoms with Crippen LogP contribution in [0.3, 0.4) is 0 Å². The molecule has 0 radical (unpaired) electrons. The summed E-state index contributed by atoms with van der Waals surface area (Å²) in [6.07, 6.45) is 1.01. The number of rotatable bonds is 4. The Morgan fingerprint density at radius 1 is 0.960 bits per heavy atom. The van der Waals surface area contributed by atoms with Gasteiger partial charge in [-0.25, -0.2) is 0 Å². The Hall–Kier alpha value is -2.66. The molecule has 25 heavy (non-hydrogen) atoms. The van der Waals surface area contributed by atoms with Crippen molar-refractivity contribution in [3.63, 3.8) is 0 Å². The summed E-state index contributed by atoms with van der Waals surface area (Å²) in [6.45, 7) is 0.927. The smallest absolute Gasteiger partial charge is 0.203 e. The third-order valence-corrected chi connectivity index (χ3v) is 4.88. The number of nitrogens with one attached hydrogen (secondary N) is 2. The molecule has 2 N–H and O–H groups in total. The monoisotopic (exact) mass is 338 g/mol. The van der Waals surface area contributed by atoms with Crippen molar-refractivity contribution in [1.29, 1.82) is 0 Å². The quantitative estimate of drug-likeness (QED) is 0.765. The fraction of sp³-hybridized carbons (Fsp3) is 0.300. The van der Waals surface area contributed by atoms with Gasteiger partial charge in [0.2, 0.25) is 5.75 Å². The average Bonchev–Trinajstić information content (AvgIpc) is 3.05. The Morgan fingerprint density at radius 2 is 1.68 bits per heavy atom. The van der Waals surface area contributed by atoms with E-state index in [-0.39, 0.29) is 6.04 Å². The first kappa shape index (κ1) is 15.8. The average molecular weight is 338 g/mol. The molecule has 0 amide bonds. The molecule has 0 saturated carbocycles. The van der Waals surface area contributed by atoms with Crippen molar-refractivity contribution in [1.82, 2.24) is 10.3 Å². The van der Waals surface area contributed by atoms with Crippen molar-refractivity contribution in [2.75, 3.05) is 27.9 Å². The topological polar surface area (TPSA) is 55.5 Å².